The fourth-order valence-electron chi connectivity index (χ4n) is 2.50. The third-order valence-electron chi connectivity index (χ3n) is 3.52. The number of pyridine rings is 1. The molecule has 1 aromatic carbocycles. The number of fused-ring (bicyclic) bond motifs is 1. The van der Waals surface area contributed by atoms with Gasteiger partial charge < -0.3 is 9.14 Å². The summed E-state index contributed by atoms with van der Waals surface area (Å²) in [5.41, 5.74) is 5.09. The average molecular weight is 251 g/mol. The van der Waals surface area contributed by atoms with Gasteiger partial charge in [0, 0.05) is 17.5 Å². The van der Waals surface area contributed by atoms with Crippen LogP contribution in [0.4, 0.5) is 0 Å². The third kappa shape index (κ3) is 1.99. The fourth-order valence-corrected chi connectivity index (χ4v) is 2.50. The monoisotopic (exact) mass is 251 g/mol. The van der Waals surface area contributed by atoms with Crippen molar-refractivity contribution < 1.29 is 4.74 Å². The van der Waals surface area contributed by atoms with E-state index in [2.05, 4.69) is 53.9 Å². The highest BCUT2D eigenvalue weighted by atomic mass is 16.5. The van der Waals surface area contributed by atoms with Crippen molar-refractivity contribution >= 4 is 5.52 Å². The van der Waals surface area contributed by atoms with Crippen LogP contribution in [0, 0.1) is 0 Å². The quantitative estimate of drug-likeness (QED) is 0.681. The highest BCUT2D eigenvalue weighted by Crippen LogP contribution is 2.29. The molecule has 0 atom stereocenters. The second-order valence-corrected chi connectivity index (χ2v) is 4.59. The summed E-state index contributed by atoms with van der Waals surface area (Å²) >= 11 is 0. The Morgan fingerprint density at radius 1 is 1.05 bits per heavy atom. The van der Waals surface area contributed by atoms with Crippen molar-refractivity contribution in [3.05, 3.63) is 60.4 Å². The van der Waals surface area contributed by atoms with Gasteiger partial charge in [-0.25, -0.2) is 0 Å². The molecule has 2 nitrogen and oxygen atoms in total. The van der Waals surface area contributed by atoms with E-state index in [0.717, 1.165) is 12.2 Å². The van der Waals surface area contributed by atoms with Gasteiger partial charge in [-0.1, -0.05) is 25.1 Å². The fraction of sp³-hybridized carbons (Fsp3) is 0.176. The highest BCUT2D eigenvalue weighted by Gasteiger charge is 2.09. The Balaban J connectivity index is 2.18. The van der Waals surface area contributed by atoms with Crippen LogP contribution in [0.2, 0.25) is 0 Å². The maximum atomic E-state index is 5.21. The topological polar surface area (TPSA) is 13.6 Å². The van der Waals surface area contributed by atoms with Gasteiger partial charge in [0.05, 0.1) is 12.6 Å². The predicted molar refractivity (Wildman–Crippen MR) is 78.8 cm³/mol. The summed E-state index contributed by atoms with van der Waals surface area (Å²) in [6, 6.07) is 16.8. The van der Waals surface area contributed by atoms with Crippen LogP contribution in [0.15, 0.2) is 54.7 Å². The lowest BCUT2D eigenvalue weighted by molar-refractivity contribution is 0.415. The molecule has 0 unspecified atom stereocenters. The molecule has 2 heteroatoms. The first-order valence-electron chi connectivity index (χ1n) is 6.57. The average Bonchev–Trinajstić information content (AvgIpc) is 2.86. The van der Waals surface area contributed by atoms with Gasteiger partial charge in [-0.2, -0.15) is 0 Å². The number of nitrogens with zero attached hydrogens (tertiary/aromatic N) is 1. The van der Waals surface area contributed by atoms with Gasteiger partial charge >= 0.3 is 0 Å². The Morgan fingerprint density at radius 2 is 1.84 bits per heavy atom. The zero-order chi connectivity index (χ0) is 13.2. The second-order valence-electron chi connectivity index (χ2n) is 4.59. The molecule has 0 aliphatic carbocycles. The third-order valence-corrected chi connectivity index (χ3v) is 3.52. The molecule has 0 aliphatic rings. The Morgan fingerprint density at radius 3 is 2.53 bits per heavy atom. The molecule has 0 radical (unpaired) electrons. The van der Waals surface area contributed by atoms with Crippen LogP contribution in [0.25, 0.3) is 16.6 Å². The molecule has 3 rings (SSSR count). The summed E-state index contributed by atoms with van der Waals surface area (Å²) < 4.78 is 7.48. The number of benzene rings is 1. The summed E-state index contributed by atoms with van der Waals surface area (Å²) in [7, 11) is 1.69. The molecule has 0 saturated heterocycles. The lowest BCUT2D eigenvalue weighted by Crippen LogP contribution is -1.88. The van der Waals surface area contributed by atoms with Crippen molar-refractivity contribution in [1.82, 2.24) is 4.40 Å². The lowest BCUT2D eigenvalue weighted by atomic mass is 10.1. The van der Waals surface area contributed by atoms with Crippen LogP contribution in [0.3, 0.4) is 0 Å². The van der Waals surface area contributed by atoms with Crippen molar-refractivity contribution in [2.75, 3.05) is 7.11 Å². The minimum atomic E-state index is 0.892. The molecule has 0 bridgehead atoms. The van der Waals surface area contributed by atoms with Crippen LogP contribution >= 0.6 is 0 Å². The number of aryl methyl sites for hydroxylation is 1. The lowest BCUT2D eigenvalue weighted by Gasteiger charge is -2.03. The van der Waals surface area contributed by atoms with E-state index in [1.807, 2.05) is 12.1 Å². The SMILES string of the molecule is CCc1cc(-c2ccc(OC)cc2)c2ccccn12. The Bertz CT molecular complexity index is 695. The van der Waals surface area contributed by atoms with Gasteiger partial charge in [-0.05, 0) is 42.3 Å². The molecule has 2 aromatic heterocycles. The Hall–Kier alpha value is -2.22. The van der Waals surface area contributed by atoms with Crippen LogP contribution in [0.1, 0.15) is 12.6 Å². The molecule has 19 heavy (non-hydrogen) atoms. The van der Waals surface area contributed by atoms with Crippen LogP contribution in [-0.4, -0.2) is 11.5 Å². The first kappa shape index (κ1) is 11.8. The van der Waals surface area contributed by atoms with Crippen LogP contribution in [-0.2, 0) is 6.42 Å². The smallest absolute Gasteiger partial charge is 0.118 e. The van der Waals surface area contributed by atoms with Gasteiger partial charge in [0.1, 0.15) is 5.75 Å². The molecule has 0 saturated carbocycles. The molecule has 0 N–H and O–H groups in total. The van der Waals surface area contributed by atoms with E-state index in [4.69, 9.17) is 4.74 Å². The molecular formula is C17H17NO. The van der Waals surface area contributed by atoms with Gasteiger partial charge in [0.25, 0.3) is 0 Å². The standard InChI is InChI=1S/C17H17NO/c1-3-14-12-16(17-6-4-5-11-18(14)17)13-7-9-15(19-2)10-8-13/h4-12H,3H2,1-2H3. The first-order valence-corrected chi connectivity index (χ1v) is 6.57. The van der Waals surface area contributed by atoms with Gasteiger partial charge in [-0.3, -0.25) is 0 Å². The summed E-state index contributed by atoms with van der Waals surface area (Å²) in [6.07, 6.45) is 3.16. The molecule has 0 amide bonds. The van der Waals surface area contributed by atoms with Crippen molar-refractivity contribution in [3.63, 3.8) is 0 Å². The number of hydrogen-bond donors (Lipinski definition) is 0. The highest BCUT2D eigenvalue weighted by molar-refractivity contribution is 5.82. The Kier molecular flexibility index (Phi) is 3.00. The number of rotatable bonds is 3. The maximum absolute atomic E-state index is 5.21. The van der Waals surface area contributed by atoms with E-state index in [9.17, 15) is 0 Å². The van der Waals surface area contributed by atoms with E-state index >= 15 is 0 Å². The van der Waals surface area contributed by atoms with E-state index in [0.29, 0.717) is 0 Å². The second kappa shape index (κ2) is 4.81. The predicted octanol–water partition coefficient (Wildman–Crippen LogP) is 4.18. The van der Waals surface area contributed by atoms with E-state index in [-0.39, 0.29) is 0 Å². The summed E-state index contributed by atoms with van der Waals surface area (Å²) in [6.45, 7) is 2.19. The zero-order valence-electron chi connectivity index (χ0n) is 11.3. The largest absolute Gasteiger partial charge is 0.497 e. The Labute approximate surface area is 113 Å². The van der Waals surface area contributed by atoms with Crippen molar-refractivity contribution in [3.8, 4) is 16.9 Å². The number of aromatic nitrogens is 1. The molecule has 0 fully saturated rings. The van der Waals surface area contributed by atoms with Crippen molar-refractivity contribution in [2.24, 2.45) is 0 Å². The maximum Gasteiger partial charge on any atom is 0.118 e. The normalized spacial score (nSPS) is 10.8. The summed E-state index contributed by atoms with van der Waals surface area (Å²) in [5, 5.41) is 0. The summed E-state index contributed by atoms with van der Waals surface area (Å²) in [5.74, 6) is 0.892. The number of methoxy groups -OCH3 is 1. The van der Waals surface area contributed by atoms with Gasteiger partial charge in [-0.15, -0.1) is 0 Å². The minimum Gasteiger partial charge on any atom is -0.497 e. The first-order chi connectivity index (χ1) is 9.33. The van der Waals surface area contributed by atoms with Crippen LogP contribution in [0.5, 0.6) is 5.75 Å². The van der Waals surface area contributed by atoms with Crippen molar-refractivity contribution in [2.45, 2.75) is 13.3 Å². The van der Waals surface area contributed by atoms with E-state index in [1.165, 1.54) is 22.3 Å². The van der Waals surface area contributed by atoms with Crippen molar-refractivity contribution in [1.29, 1.82) is 0 Å². The van der Waals surface area contributed by atoms with E-state index in [1.54, 1.807) is 7.11 Å². The van der Waals surface area contributed by atoms with Crippen LogP contribution < -0.4 is 4.74 Å². The molecule has 0 aliphatic heterocycles. The molecule has 3 aromatic rings. The van der Waals surface area contributed by atoms with Gasteiger partial charge in [0.2, 0.25) is 0 Å². The van der Waals surface area contributed by atoms with E-state index < -0.39 is 0 Å². The summed E-state index contributed by atoms with van der Waals surface area (Å²) in [4.78, 5) is 0. The van der Waals surface area contributed by atoms with Gasteiger partial charge in [0.15, 0.2) is 0 Å². The molecule has 2 heterocycles. The molecule has 96 valence electrons. The molecule has 0 spiro atoms. The molecular weight excluding hydrogens is 234 g/mol. The number of ether oxygens (including phenoxy) is 1. The number of hydrogen-bond acceptors (Lipinski definition) is 1. The zero-order valence-corrected chi connectivity index (χ0v) is 11.3. The minimum absolute atomic E-state index is 0.892.